The summed E-state index contributed by atoms with van der Waals surface area (Å²) in [6, 6.07) is 0. The fraction of sp³-hybridized carbons (Fsp3) is 0.500. The molecule has 0 amide bonds. The number of carbonyl (C=O) groups is 8. The molecule has 0 bridgehead atoms. The minimum Gasteiger partial charge on any atom is -0.550 e. The first-order valence-electron chi connectivity index (χ1n) is 8.44. The number of ether oxygens (including phenoxy) is 2. The molecule has 4 atom stereocenters. The predicted molar refractivity (Wildman–Crippen MR) is 86.3 cm³/mol. The summed E-state index contributed by atoms with van der Waals surface area (Å²) in [5.41, 5.74) is 0. The van der Waals surface area contributed by atoms with Crippen molar-refractivity contribution in [2.75, 3.05) is 13.2 Å². The molecule has 192 valence electrons. The maximum absolute atomic E-state index is 10.5. The molecule has 0 saturated carbocycles. The van der Waals surface area contributed by atoms with Crippen LogP contribution in [0.3, 0.4) is 0 Å². The van der Waals surface area contributed by atoms with Crippen LogP contribution in [0.2, 0.25) is 0 Å². The molecule has 0 fully saturated rings. The van der Waals surface area contributed by atoms with Crippen molar-refractivity contribution in [3.8, 4) is 0 Å². The first-order chi connectivity index (χ1) is 15.5. The third-order valence-electron chi connectivity index (χ3n) is 3.36. The van der Waals surface area contributed by atoms with Gasteiger partial charge >= 0.3 is 142 Å². The molecule has 0 aliphatic rings. The van der Waals surface area contributed by atoms with Crippen LogP contribution in [0.5, 0.6) is 0 Å². The number of hydrogen-bond donors (Lipinski definition) is 4. The van der Waals surface area contributed by atoms with Crippen LogP contribution in [-0.2, 0) is 47.8 Å². The van der Waals surface area contributed by atoms with E-state index in [-0.39, 0.29) is 118 Å². The Morgan fingerprint density at radius 2 is 0.711 bits per heavy atom. The van der Waals surface area contributed by atoms with Gasteiger partial charge in [0.05, 0.1) is 24.8 Å². The van der Waals surface area contributed by atoms with Gasteiger partial charge < -0.3 is 69.5 Å². The zero-order valence-corrected chi connectivity index (χ0v) is 28.6. The second-order valence-corrected chi connectivity index (χ2v) is 5.94. The molecule has 0 rings (SSSR count). The van der Waals surface area contributed by atoms with Gasteiger partial charge in [-0.2, -0.15) is 0 Å². The molecular weight excluding hydrogens is 572 g/mol. The van der Waals surface area contributed by atoms with Gasteiger partial charge in [0.2, 0.25) is 0 Å². The van der Waals surface area contributed by atoms with Crippen LogP contribution in [0.4, 0.5) is 0 Å². The topological polar surface area (TPSA) is 328 Å². The third-order valence-corrected chi connectivity index (χ3v) is 3.36. The normalized spacial score (nSPS) is 12.2. The number of hydrogen-bond acceptors (Lipinski definition) is 14. The summed E-state index contributed by atoms with van der Waals surface area (Å²) in [7, 11) is 0. The summed E-state index contributed by atoms with van der Waals surface area (Å²) in [5.74, 6) is -18.3. The van der Waals surface area contributed by atoms with Crippen LogP contribution in [0.15, 0.2) is 0 Å². The molecule has 0 aromatic heterocycles. The van der Waals surface area contributed by atoms with Crippen molar-refractivity contribution in [3.63, 3.8) is 0 Å². The Labute approximate surface area is 301 Å². The van der Waals surface area contributed by atoms with Crippen LogP contribution in [0.1, 0.15) is 12.8 Å². The van der Waals surface area contributed by atoms with Crippen LogP contribution < -0.4 is 139 Å². The summed E-state index contributed by atoms with van der Waals surface area (Å²) in [6.45, 7) is -2.19. The zero-order chi connectivity index (χ0) is 27.2. The van der Waals surface area contributed by atoms with E-state index in [0.717, 1.165) is 0 Å². The van der Waals surface area contributed by atoms with E-state index in [1.165, 1.54) is 0 Å². The van der Waals surface area contributed by atoms with Crippen LogP contribution in [0.25, 0.3) is 0 Å². The number of aliphatic carboxylic acids is 8. The van der Waals surface area contributed by atoms with Gasteiger partial charge in [-0.1, -0.05) is 0 Å². The number of carboxylic acid groups (broad SMARTS) is 8. The van der Waals surface area contributed by atoms with Crippen LogP contribution >= 0.6 is 0 Å². The molecule has 4 unspecified atom stereocenters. The third kappa shape index (κ3) is 24.7. The van der Waals surface area contributed by atoms with Gasteiger partial charge in [-0.05, 0) is 0 Å². The van der Waals surface area contributed by atoms with E-state index in [1.807, 2.05) is 0 Å². The summed E-state index contributed by atoms with van der Waals surface area (Å²) >= 11 is 0. The molecular formula is C16H16Na4O18. The molecule has 0 spiro atoms. The largest absolute Gasteiger partial charge is 1.00 e. The van der Waals surface area contributed by atoms with Gasteiger partial charge in [0, 0.05) is 23.8 Å². The number of carboxylic acids is 8. The quantitative estimate of drug-likeness (QED) is 0.122. The Hall–Kier alpha value is -0.320. The molecule has 18 nitrogen and oxygen atoms in total. The molecule has 0 heterocycles. The van der Waals surface area contributed by atoms with Crippen molar-refractivity contribution in [2.24, 2.45) is 11.8 Å². The van der Waals surface area contributed by atoms with Crippen molar-refractivity contribution >= 4 is 47.8 Å². The summed E-state index contributed by atoms with van der Waals surface area (Å²) < 4.78 is 8.49. The van der Waals surface area contributed by atoms with Crippen LogP contribution in [0, 0.1) is 11.8 Å². The van der Waals surface area contributed by atoms with Crippen molar-refractivity contribution in [1.29, 1.82) is 0 Å². The molecule has 38 heavy (non-hydrogen) atoms. The van der Waals surface area contributed by atoms with E-state index in [2.05, 4.69) is 9.47 Å². The molecule has 0 saturated heterocycles. The van der Waals surface area contributed by atoms with Crippen molar-refractivity contribution in [1.82, 2.24) is 0 Å². The number of rotatable bonds is 16. The molecule has 0 aliphatic carbocycles. The summed E-state index contributed by atoms with van der Waals surface area (Å²) in [4.78, 5) is 83.0. The minimum atomic E-state index is -2.20. The van der Waals surface area contributed by atoms with E-state index < -0.39 is 97.9 Å². The summed E-state index contributed by atoms with van der Waals surface area (Å²) in [6.07, 6.45) is -6.57. The van der Waals surface area contributed by atoms with Gasteiger partial charge in [-0.15, -0.1) is 0 Å². The molecule has 0 aliphatic heterocycles. The van der Waals surface area contributed by atoms with Crippen molar-refractivity contribution in [2.45, 2.75) is 25.0 Å². The summed E-state index contributed by atoms with van der Waals surface area (Å²) in [5, 5.41) is 75.3. The van der Waals surface area contributed by atoms with Gasteiger partial charge in [0.1, 0.15) is 25.4 Å². The van der Waals surface area contributed by atoms with Crippen molar-refractivity contribution in [3.05, 3.63) is 0 Å². The molecule has 0 aromatic rings. The Bertz CT molecular complexity index is 752. The van der Waals surface area contributed by atoms with E-state index >= 15 is 0 Å². The maximum atomic E-state index is 10.5. The molecule has 0 radical (unpaired) electrons. The smallest absolute Gasteiger partial charge is 0.550 e. The monoisotopic (exact) mass is 588 g/mol. The van der Waals surface area contributed by atoms with E-state index in [4.69, 9.17) is 20.4 Å². The Morgan fingerprint density at radius 1 is 0.474 bits per heavy atom. The average Bonchev–Trinajstić information content (AvgIpc) is 2.65. The fourth-order valence-corrected chi connectivity index (χ4v) is 2.02. The van der Waals surface area contributed by atoms with Gasteiger partial charge in [0.25, 0.3) is 0 Å². The van der Waals surface area contributed by atoms with E-state index in [1.54, 1.807) is 0 Å². The standard InChI is InChI=1S/2C8H10O9.4Na/c2*9-4(10)1-3(7(13)14)6(8(15)16)17-2-5(11)12;;;;/h2*3,6H,1-2H2,(H,9,10)(H,11,12)(H,13,14)(H,15,16);;;;/q;;4*+1/p-4. The second kappa shape index (κ2) is 26.9. The minimum absolute atomic E-state index is 0. The fourth-order valence-electron chi connectivity index (χ4n) is 2.02. The van der Waals surface area contributed by atoms with Gasteiger partial charge in [0.15, 0.2) is 0 Å². The van der Waals surface area contributed by atoms with E-state index in [0.29, 0.717) is 0 Å². The Balaban J connectivity index is -0.000000122. The zero-order valence-electron chi connectivity index (χ0n) is 20.6. The first-order valence-corrected chi connectivity index (χ1v) is 8.44. The molecule has 4 N–H and O–H groups in total. The number of carbonyl (C=O) groups excluding carboxylic acids is 4. The van der Waals surface area contributed by atoms with Gasteiger partial charge in [-0.3, -0.25) is 9.59 Å². The maximum Gasteiger partial charge on any atom is 1.00 e. The molecule has 0 aromatic carbocycles. The SMILES string of the molecule is O=C(O)COC(C(=O)[O-])C(CC(=O)O)C(=O)[O-].O=C(O)COC(C(=O)[O-])C(CC(=O)O)C(=O)[O-].[Na+].[Na+].[Na+].[Na+]. The van der Waals surface area contributed by atoms with Crippen molar-refractivity contribution < 1.29 is 207 Å². The average molecular weight is 588 g/mol. The van der Waals surface area contributed by atoms with Gasteiger partial charge in [-0.25, -0.2) is 9.59 Å². The Kier molecular flexibility index (Phi) is 35.7. The predicted octanol–water partition coefficient (Wildman–Crippen LogP) is -19.9. The molecule has 22 heteroatoms. The second-order valence-electron chi connectivity index (χ2n) is 5.94. The Morgan fingerprint density at radius 3 is 0.842 bits per heavy atom. The van der Waals surface area contributed by atoms with E-state index in [9.17, 15) is 58.8 Å². The van der Waals surface area contributed by atoms with Crippen LogP contribution in [-0.4, -0.2) is 93.6 Å². The first kappa shape index (κ1) is 50.5.